The third-order valence-electron chi connectivity index (χ3n) is 5.03. The van der Waals surface area contributed by atoms with Gasteiger partial charge < -0.3 is 15.4 Å². The van der Waals surface area contributed by atoms with Gasteiger partial charge in [-0.05, 0) is 65.8 Å². The fourth-order valence-corrected chi connectivity index (χ4v) is 3.75. The van der Waals surface area contributed by atoms with Gasteiger partial charge in [-0.15, -0.1) is 0 Å². The summed E-state index contributed by atoms with van der Waals surface area (Å²) >= 11 is 0. The lowest BCUT2D eigenvalue weighted by molar-refractivity contribution is -0.124. The minimum Gasteiger partial charge on any atom is -0.444 e. The quantitative estimate of drug-likeness (QED) is 0.781. The van der Waals surface area contributed by atoms with Gasteiger partial charge in [-0.1, -0.05) is 6.42 Å². The van der Waals surface area contributed by atoms with Crippen LogP contribution in [-0.2, 0) is 9.53 Å². The summed E-state index contributed by atoms with van der Waals surface area (Å²) in [4.78, 5) is 26.5. The molecule has 0 radical (unpaired) electrons. The average molecular weight is 364 g/mol. The van der Waals surface area contributed by atoms with E-state index in [1.165, 1.54) is 0 Å². The largest absolute Gasteiger partial charge is 0.444 e. The maximum Gasteiger partial charge on any atom is 0.407 e. The Balaban J connectivity index is 1.85. The van der Waals surface area contributed by atoms with Gasteiger partial charge in [-0.2, -0.15) is 5.26 Å². The molecule has 0 spiro atoms. The Morgan fingerprint density at radius 1 is 1.23 bits per heavy atom. The molecule has 2 amide bonds. The fourth-order valence-electron chi connectivity index (χ4n) is 3.75. The molecule has 1 atom stereocenters. The zero-order chi connectivity index (χ0) is 19.2. The van der Waals surface area contributed by atoms with Crippen molar-refractivity contribution in [2.45, 2.75) is 82.9 Å². The molecule has 2 aliphatic rings. The monoisotopic (exact) mass is 364 g/mol. The van der Waals surface area contributed by atoms with Gasteiger partial charge in [0.15, 0.2) is 0 Å². The van der Waals surface area contributed by atoms with E-state index in [1.54, 1.807) is 0 Å². The van der Waals surface area contributed by atoms with E-state index >= 15 is 0 Å². The second kappa shape index (κ2) is 8.72. The zero-order valence-corrected chi connectivity index (χ0v) is 16.3. The van der Waals surface area contributed by atoms with Crippen molar-refractivity contribution in [3.05, 3.63) is 0 Å². The van der Waals surface area contributed by atoms with Crippen LogP contribution in [0, 0.1) is 11.3 Å². The molecule has 7 heteroatoms. The molecule has 1 saturated carbocycles. The van der Waals surface area contributed by atoms with Gasteiger partial charge in [-0.25, -0.2) is 4.79 Å². The molecule has 0 aromatic heterocycles. The van der Waals surface area contributed by atoms with Crippen LogP contribution in [0.15, 0.2) is 0 Å². The van der Waals surface area contributed by atoms with Crippen LogP contribution in [0.5, 0.6) is 0 Å². The first-order chi connectivity index (χ1) is 12.2. The first-order valence-corrected chi connectivity index (χ1v) is 9.66. The number of hydrogen-bond donors (Lipinski definition) is 2. The van der Waals surface area contributed by atoms with Crippen LogP contribution in [0.1, 0.15) is 65.7 Å². The van der Waals surface area contributed by atoms with Crippen molar-refractivity contribution in [2.24, 2.45) is 0 Å². The maximum atomic E-state index is 12.5. The Bertz CT molecular complexity index is 544. The van der Waals surface area contributed by atoms with Crippen molar-refractivity contribution in [2.75, 3.05) is 19.6 Å². The van der Waals surface area contributed by atoms with E-state index in [1.807, 2.05) is 20.8 Å². The number of rotatable bonds is 5. The average Bonchev–Trinajstić information content (AvgIpc) is 3.01. The Morgan fingerprint density at radius 3 is 2.54 bits per heavy atom. The van der Waals surface area contributed by atoms with E-state index in [9.17, 15) is 14.9 Å². The standard InChI is InChI=1S/C19H32N4O3/c1-18(2,3)26-17(25)21-12-15-8-4-7-11-23(15)13-16(24)22-19(14-20)9-5-6-10-19/h15H,4-13H2,1-3H3,(H,21,25)(H,22,24). The van der Waals surface area contributed by atoms with E-state index in [4.69, 9.17) is 4.74 Å². The molecule has 1 aliphatic heterocycles. The molecular weight excluding hydrogens is 332 g/mol. The van der Waals surface area contributed by atoms with E-state index in [0.717, 1.165) is 51.5 Å². The van der Waals surface area contributed by atoms with Crippen molar-refractivity contribution in [1.82, 2.24) is 15.5 Å². The van der Waals surface area contributed by atoms with Crippen molar-refractivity contribution in [3.8, 4) is 6.07 Å². The maximum absolute atomic E-state index is 12.5. The Kier molecular flexibility index (Phi) is 6.87. The summed E-state index contributed by atoms with van der Waals surface area (Å²) in [6.07, 6.45) is 6.08. The highest BCUT2D eigenvalue weighted by molar-refractivity contribution is 5.79. The number of carbonyl (C=O) groups is 2. The molecule has 1 unspecified atom stereocenters. The van der Waals surface area contributed by atoms with Crippen molar-refractivity contribution in [1.29, 1.82) is 5.26 Å². The van der Waals surface area contributed by atoms with Gasteiger partial charge in [0.25, 0.3) is 0 Å². The van der Waals surface area contributed by atoms with Crippen LogP contribution in [0.4, 0.5) is 4.79 Å². The normalized spacial score (nSPS) is 23.1. The smallest absolute Gasteiger partial charge is 0.407 e. The first-order valence-electron chi connectivity index (χ1n) is 9.66. The number of nitrogens with zero attached hydrogens (tertiary/aromatic N) is 2. The number of alkyl carbamates (subject to hydrolysis) is 1. The lowest BCUT2D eigenvalue weighted by Gasteiger charge is -2.36. The molecule has 2 rings (SSSR count). The molecule has 0 bridgehead atoms. The Labute approximate surface area is 156 Å². The molecule has 2 N–H and O–H groups in total. The number of likely N-dealkylation sites (tertiary alicyclic amines) is 1. The van der Waals surface area contributed by atoms with Crippen molar-refractivity contribution >= 4 is 12.0 Å². The van der Waals surface area contributed by atoms with Gasteiger partial charge in [0.2, 0.25) is 5.91 Å². The molecule has 1 heterocycles. The number of amides is 2. The SMILES string of the molecule is CC(C)(C)OC(=O)NCC1CCCCN1CC(=O)NC1(C#N)CCCC1. The van der Waals surface area contributed by atoms with Gasteiger partial charge in [0, 0.05) is 12.6 Å². The number of piperidine rings is 1. The Morgan fingerprint density at radius 2 is 1.92 bits per heavy atom. The van der Waals surface area contributed by atoms with E-state index < -0.39 is 17.2 Å². The highest BCUT2D eigenvalue weighted by atomic mass is 16.6. The Hall–Kier alpha value is -1.81. The highest BCUT2D eigenvalue weighted by Gasteiger charge is 2.36. The van der Waals surface area contributed by atoms with Gasteiger partial charge >= 0.3 is 6.09 Å². The van der Waals surface area contributed by atoms with Crippen LogP contribution in [0.2, 0.25) is 0 Å². The van der Waals surface area contributed by atoms with Crippen LogP contribution in [0.3, 0.4) is 0 Å². The number of ether oxygens (including phenoxy) is 1. The molecular formula is C19H32N4O3. The molecule has 7 nitrogen and oxygen atoms in total. The third kappa shape index (κ3) is 6.17. The predicted octanol–water partition coefficient (Wildman–Crippen LogP) is 2.32. The topological polar surface area (TPSA) is 94.5 Å². The van der Waals surface area contributed by atoms with Crippen LogP contribution in [-0.4, -0.2) is 53.7 Å². The second-order valence-corrected chi connectivity index (χ2v) is 8.45. The molecule has 0 aromatic rings. The number of nitriles is 1. The summed E-state index contributed by atoms with van der Waals surface area (Å²) in [5.41, 5.74) is -1.21. The van der Waals surface area contributed by atoms with E-state index in [0.29, 0.717) is 6.54 Å². The number of carbonyl (C=O) groups excluding carboxylic acids is 2. The van der Waals surface area contributed by atoms with Crippen LogP contribution in [0.25, 0.3) is 0 Å². The molecule has 1 aliphatic carbocycles. The molecule has 1 saturated heterocycles. The minimum atomic E-state index is -0.683. The van der Waals surface area contributed by atoms with Crippen molar-refractivity contribution in [3.63, 3.8) is 0 Å². The van der Waals surface area contributed by atoms with Crippen molar-refractivity contribution < 1.29 is 14.3 Å². The predicted molar refractivity (Wildman–Crippen MR) is 98.4 cm³/mol. The number of nitrogens with one attached hydrogen (secondary N) is 2. The fraction of sp³-hybridized carbons (Fsp3) is 0.842. The van der Waals surface area contributed by atoms with Gasteiger partial charge in [-0.3, -0.25) is 9.69 Å². The molecule has 26 heavy (non-hydrogen) atoms. The first kappa shape index (κ1) is 20.5. The molecule has 146 valence electrons. The zero-order valence-electron chi connectivity index (χ0n) is 16.3. The highest BCUT2D eigenvalue weighted by Crippen LogP contribution is 2.29. The van der Waals surface area contributed by atoms with E-state index in [2.05, 4.69) is 21.6 Å². The second-order valence-electron chi connectivity index (χ2n) is 8.45. The summed E-state index contributed by atoms with van der Waals surface area (Å²) in [6, 6.07) is 2.41. The number of hydrogen-bond acceptors (Lipinski definition) is 5. The summed E-state index contributed by atoms with van der Waals surface area (Å²) in [6.45, 7) is 7.05. The van der Waals surface area contributed by atoms with Gasteiger partial charge in [0.05, 0.1) is 12.6 Å². The lowest BCUT2D eigenvalue weighted by atomic mass is 9.99. The van der Waals surface area contributed by atoms with Crippen LogP contribution >= 0.6 is 0 Å². The molecule has 2 fully saturated rings. The third-order valence-corrected chi connectivity index (χ3v) is 5.03. The summed E-state index contributed by atoms with van der Waals surface area (Å²) < 4.78 is 5.28. The molecule has 0 aromatic carbocycles. The van der Waals surface area contributed by atoms with Crippen LogP contribution < -0.4 is 10.6 Å². The summed E-state index contributed by atoms with van der Waals surface area (Å²) in [5.74, 6) is -0.0994. The lowest BCUT2D eigenvalue weighted by Crippen LogP contribution is -2.53. The summed E-state index contributed by atoms with van der Waals surface area (Å²) in [5, 5.41) is 15.2. The summed E-state index contributed by atoms with van der Waals surface area (Å²) in [7, 11) is 0. The van der Waals surface area contributed by atoms with Gasteiger partial charge in [0.1, 0.15) is 11.1 Å². The minimum absolute atomic E-state index is 0.0994. The van der Waals surface area contributed by atoms with E-state index in [-0.39, 0.29) is 18.5 Å².